The van der Waals surface area contributed by atoms with Crippen LogP contribution < -0.4 is 10.2 Å². The summed E-state index contributed by atoms with van der Waals surface area (Å²) < 4.78 is 0. The lowest BCUT2D eigenvalue weighted by Gasteiger charge is -2.37. The predicted octanol–water partition coefficient (Wildman–Crippen LogP) is 3.59. The Morgan fingerprint density at radius 3 is 2.68 bits per heavy atom. The second-order valence-electron chi connectivity index (χ2n) is 6.08. The molecule has 1 aromatic rings. The Morgan fingerprint density at radius 2 is 2.05 bits per heavy atom. The van der Waals surface area contributed by atoms with Gasteiger partial charge < -0.3 is 10.2 Å². The first kappa shape index (κ1) is 14.4. The molecule has 19 heavy (non-hydrogen) atoms. The van der Waals surface area contributed by atoms with Crippen molar-refractivity contribution in [3.8, 4) is 0 Å². The molecule has 1 aliphatic rings. The molecule has 0 radical (unpaired) electrons. The molecule has 106 valence electrons. The SMILES string of the molecule is CCNCc1ccc(N2CCC(C)C(C)C2)cc1C. The van der Waals surface area contributed by atoms with Gasteiger partial charge in [0.15, 0.2) is 0 Å². The van der Waals surface area contributed by atoms with Gasteiger partial charge in [0.2, 0.25) is 0 Å². The van der Waals surface area contributed by atoms with Crippen LogP contribution in [0.25, 0.3) is 0 Å². The fourth-order valence-electron chi connectivity index (χ4n) is 2.83. The van der Waals surface area contributed by atoms with Crippen LogP contribution in [0.2, 0.25) is 0 Å². The van der Waals surface area contributed by atoms with E-state index in [0.717, 1.165) is 24.9 Å². The fraction of sp³-hybridized carbons (Fsp3) is 0.647. The summed E-state index contributed by atoms with van der Waals surface area (Å²) in [4.78, 5) is 2.55. The summed E-state index contributed by atoms with van der Waals surface area (Å²) in [6.45, 7) is 13.6. The Hall–Kier alpha value is -1.02. The van der Waals surface area contributed by atoms with Gasteiger partial charge in [0.25, 0.3) is 0 Å². The van der Waals surface area contributed by atoms with Gasteiger partial charge in [-0.1, -0.05) is 26.8 Å². The van der Waals surface area contributed by atoms with Gasteiger partial charge in [-0.05, 0) is 55.0 Å². The smallest absolute Gasteiger partial charge is 0.0369 e. The van der Waals surface area contributed by atoms with Crippen molar-refractivity contribution in [1.29, 1.82) is 0 Å². The second-order valence-corrected chi connectivity index (χ2v) is 6.08. The zero-order chi connectivity index (χ0) is 13.8. The Bertz CT molecular complexity index is 414. The average Bonchev–Trinajstić information content (AvgIpc) is 2.40. The molecule has 1 heterocycles. The maximum absolute atomic E-state index is 3.40. The second kappa shape index (κ2) is 6.42. The van der Waals surface area contributed by atoms with Crippen molar-refractivity contribution >= 4 is 5.69 Å². The van der Waals surface area contributed by atoms with Crippen molar-refractivity contribution in [2.45, 2.75) is 40.7 Å². The number of anilines is 1. The monoisotopic (exact) mass is 260 g/mol. The van der Waals surface area contributed by atoms with Gasteiger partial charge in [0.05, 0.1) is 0 Å². The van der Waals surface area contributed by atoms with E-state index in [2.05, 4.69) is 56.1 Å². The number of benzene rings is 1. The summed E-state index contributed by atoms with van der Waals surface area (Å²) in [7, 11) is 0. The zero-order valence-corrected chi connectivity index (χ0v) is 12.9. The number of rotatable bonds is 4. The van der Waals surface area contributed by atoms with Crippen molar-refractivity contribution in [2.24, 2.45) is 11.8 Å². The van der Waals surface area contributed by atoms with Crippen molar-refractivity contribution < 1.29 is 0 Å². The minimum absolute atomic E-state index is 0.801. The highest BCUT2D eigenvalue weighted by Gasteiger charge is 2.22. The predicted molar refractivity (Wildman–Crippen MR) is 83.7 cm³/mol. The molecule has 2 heteroatoms. The number of aryl methyl sites for hydroxylation is 1. The van der Waals surface area contributed by atoms with Gasteiger partial charge in [-0.15, -0.1) is 0 Å². The number of hydrogen-bond donors (Lipinski definition) is 1. The summed E-state index contributed by atoms with van der Waals surface area (Å²) >= 11 is 0. The largest absolute Gasteiger partial charge is 0.371 e. The Morgan fingerprint density at radius 1 is 1.26 bits per heavy atom. The Kier molecular flexibility index (Phi) is 4.87. The molecule has 2 nitrogen and oxygen atoms in total. The van der Waals surface area contributed by atoms with E-state index >= 15 is 0 Å². The maximum atomic E-state index is 3.40. The van der Waals surface area contributed by atoms with E-state index in [1.807, 2.05) is 0 Å². The van der Waals surface area contributed by atoms with Crippen molar-refractivity contribution in [2.75, 3.05) is 24.5 Å². The molecular formula is C17H28N2. The molecule has 1 aromatic carbocycles. The van der Waals surface area contributed by atoms with Crippen LogP contribution in [0.1, 0.15) is 38.3 Å². The maximum Gasteiger partial charge on any atom is 0.0369 e. The Balaban J connectivity index is 2.07. The van der Waals surface area contributed by atoms with Gasteiger partial charge >= 0.3 is 0 Å². The molecule has 2 rings (SSSR count). The van der Waals surface area contributed by atoms with Crippen LogP contribution in [0.3, 0.4) is 0 Å². The van der Waals surface area contributed by atoms with E-state index in [-0.39, 0.29) is 0 Å². The van der Waals surface area contributed by atoms with Gasteiger partial charge in [0, 0.05) is 25.3 Å². The summed E-state index contributed by atoms with van der Waals surface area (Å²) in [5.74, 6) is 1.67. The van der Waals surface area contributed by atoms with Crippen molar-refractivity contribution in [3.05, 3.63) is 29.3 Å². The molecule has 0 saturated carbocycles. The van der Waals surface area contributed by atoms with Crippen LogP contribution in [0.4, 0.5) is 5.69 Å². The normalized spacial score (nSPS) is 23.7. The van der Waals surface area contributed by atoms with E-state index < -0.39 is 0 Å². The quantitative estimate of drug-likeness (QED) is 0.890. The molecule has 0 spiro atoms. The van der Waals surface area contributed by atoms with Gasteiger partial charge in [-0.2, -0.15) is 0 Å². The van der Waals surface area contributed by atoms with Crippen LogP contribution in [-0.2, 0) is 6.54 Å². The molecule has 2 atom stereocenters. The lowest BCUT2D eigenvalue weighted by atomic mass is 9.88. The molecule has 1 fully saturated rings. The third kappa shape index (κ3) is 3.50. The van der Waals surface area contributed by atoms with Crippen LogP contribution in [0.5, 0.6) is 0 Å². The topological polar surface area (TPSA) is 15.3 Å². The van der Waals surface area contributed by atoms with E-state index in [1.54, 1.807) is 0 Å². The number of nitrogens with zero attached hydrogens (tertiary/aromatic N) is 1. The van der Waals surface area contributed by atoms with Crippen LogP contribution in [0.15, 0.2) is 18.2 Å². The summed E-state index contributed by atoms with van der Waals surface area (Å²) in [5.41, 5.74) is 4.23. The van der Waals surface area contributed by atoms with E-state index in [4.69, 9.17) is 0 Å². The van der Waals surface area contributed by atoms with E-state index in [0.29, 0.717) is 0 Å². The first-order valence-corrected chi connectivity index (χ1v) is 7.67. The minimum Gasteiger partial charge on any atom is -0.371 e. The highest BCUT2D eigenvalue weighted by molar-refractivity contribution is 5.51. The molecule has 0 bridgehead atoms. The standard InChI is InChI=1S/C17H28N2/c1-5-18-11-16-6-7-17(10-14(16)3)19-9-8-13(2)15(4)12-19/h6-7,10,13,15,18H,5,8-9,11-12H2,1-4H3. The van der Waals surface area contributed by atoms with E-state index in [1.165, 1.54) is 36.3 Å². The highest BCUT2D eigenvalue weighted by Crippen LogP contribution is 2.28. The highest BCUT2D eigenvalue weighted by atomic mass is 15.1. The van der Waals surface area contributed by atoms with Crippen LogP contribution in [0, 0.1) is 18.8 Å². The van der Waals surface area contributed by atoms with Crippen molar-refractivity contribution in [3.63, 3.8) is 0 Å². The van der Waals surface area contributed by atoms with Crippen molar-refractivity contribution in [1.82, 2.24) is 5.32 Å². The molecule has 0 aliphatic carbocycles. The Labute approximate surface area is 118 Å². The lowest BCUT2D eigenvalue weighted by Crippen LogP contribution is -2.38. The summed E-state index contributed by atoms with van der Waals surface area (Å²) in [6, 6.07) is 6.94. The molecule has 2 unspecified atom stereocenters. The third-order valence-corrected chi connectivity index (χ3v) is 4.59. The van der Waals surface area contributed by atoms with Crippen LogP contribution in [-0.4, -0.2) is 19.6 Å². The zero-order valence-electron chi connectivity index (χ0n) is 12.9. The van der Waals surface area contributed by atoms with Gasteiger partial charge in [0.1, 0.15) is 0 Å². The molecular weight excluding hydrogens is 232 g/mol. The first-order chi connectivity index (χ1) is 9.11. The summed E-state index contributed by atoms with van der Waals surface area (Å²) in [6.07, 6.45) is 1.32. The average molecular weight is 260 g/mol. The summed E-state index contributed by atoms with van der Waals surface area (Å²) in [5, 5.41) is 3.40. The molecule has 1 aliphatic heterocycles. The molecule has 1 saturated heterocycles. The van der Waals surface area contributed by atoms with Crippen LogP contribution >= 0.6 is 0 Å². The van der Waals surface area contributed by atoms with Gasteiger partial charge in [-0.25, -0.2) is 0 Å². The first-order valence-electron chi connectivity index (χ1n) is 7.67. The third-order valence-electron chi connectivity index (χ3n) is 4.59. The fourth-order valence-corrected chi connectivity index (χ4v) is 2.83. The molecule has 0 aromatic heterocycles. The molecule has 0 amide bonds. The number of hydrogen-bond acceptors (Lipinski definition) is 2. The lowest BCUT2D eigenvalue weighted by molar-refractivity contribution is 0.324. The number of piperidine rings is 1. The minimum atomic E-state index is 0.801. The number of nitrogens with one attached hydrogen (secondary N) is 1. The van der Waals surface area contributed by atoms with E-state index in [9.17, 15) is 0 Å². The van der Waals surface area contributed by atoms with Gasteiger partial charge in [-0.3, -0.25) is 0 Å². The molecule has 1 N–H and O–H groups in total.